The monoisotopic (exact) mass is 211 g/mol. The minimum absolute atomic E-state index is 0.155. The van der Waals surface area contributed by atoms with E-state index in [4.69, 9.17) is 4.74 Å². The quantitative estimate of drug-likeness (QED) is 0.806. The van der Waals surface area contributed by atoms with Crippen molar-refractivity contribution < 1.29 is 9.13 Å². The third-order valence-electron chi connectivity index (χ3n) is 2.26. The van der Waals surface area contributed by atoms with Crippen molar-refractivity contribution in [3.05, 3.63) is 35.1 Å². The van der Waals surface area contributed by atoms with E-state index in [0.29, 0.717) is 18.7 Å². The van der Waals surface area contributed by atoms with Gasteiger partial charge in [0.25, 0.3) is 0 Å². The van der Waals surface area contributed by atoms with Crippen LogP contribution in [0.2, 0.25) is 0 Å². The van der Waals surface area contributed by atoms with Crippen molar-refractivity contribution in [3.63, 3.8) is 0 Å². The highest BCUT2D eigenvalue weighted by molar-refractivity contribution is 5.23. The average Bonchev–Trinajstić information content (AvgIpc) is 2.20. The van der Waals surface area contributed by atoms with Crippen LogP contribution >= 0.6 is 0 Å². The summed E-state index contributed by atoms with van der Waals surface area (Å²) in [6.45, 7) is 5.14. The normalized spacial score (nSPS) is 12.8. The summed E-state index contributed by atoms with van der Waals surface area (Å²) in [5, 5.41) is 3.20. The van der Waals surface area contributed by atoms with Crippen LogP contribution in [0, 0.1) is 12.7 Å². The van der Waals surface area contributed by atoms with Gasteiger partial charge >= 0.3 is 0 Å². The summed E-state index contributed by atoms with van der Waals surface area (Å²) in [4.78, 5) is 0. The lowest BCUT2D eigenvalue weighted by Crippen LogP contribution is -2.29. The molecule has 0 saturated heterocycles. The van der Waals surface area contributed by atoms with Gasteiger partial charge in [0, 0.05) is 25.3 Å². The van der Waals surface area contributed by atoms with Crippen LogP contribution in [-0.4, -0.2) is 19.8 Å². The predicted molar refractivity (Wildman–Crippen MR) is 59.3 cm³/mol. The fourth-order valence-electron chi connectivity index (χ4n) is 1.43. The largest absolute Gasteiger partial charge is 0.383 e. The first-order chi connectivity index (χ1) is 7.13. The van der Waals surface area contributed by atoms with E-state index in [1.54, 1.807) is 13.2 Å². The Labute approximate surface area is 90.4 Å². The van der Waals surface area contributed by atoms with Crippen LogP contribution in [0.15, 0.2) is 18.2 Å². The zero-order chi connectivity index (χ0) is 11.3. The van der Waals surface area contributed by atoms with E-state index >= 15 is 0 Å². The minimum Gasteiger partial charge on any atom is -0.383 e. The van der Waals surface area contributed by atoms with Crippen molar-refractivity contribution in [2.24, 2.45) is 0 Å². The van der Waals surface area contributed by atoms with E-state index in [1.165, 1.54) is 6.07 Å². The predicted octanol–water partition coefficient (Wildman–Crippen LogP) is 2.26. The number of ether oxygens (including phenoxy) is 1. The van der Waals surface area contributed by atoms with Gasteiger partial charge in [0.1, 0.15) is 5.82 Å². The van der Waals surface area contributed by atoms with Gasteiger partial charge in [-0.05, 0) is 19.9 Å². The van der Waals surface area contributed by atoms with Crippen LogP contribution in [0.5, 0.6) is 0 Å². The summed E-state index contributed by atoms with van der Waals surface area (Å²) in [5.41, 5.74) is 1.78. The Hall–Kier alpha value is -0.930. The number of methoxy groups -OCH3 is 1. The van der Waals surface area contributed by atoms with Crippen molar-refractivity contribution in [1.29, 1.82) is 0 Å². The van der Waals surface area contributed by atoms with Gasteiger partial charge in [-0.15, -0.1) is 0 Å². The summed E-state index contributed by atoms with van der Waals surface area (Å²) in [6.07, 6.45) is 0. The molecule has 0 aromatic heterocycles. The van der Waals surface area contributed by atoms with Gasteiger partial charge in [-0.1, -0.05) is 17.7 Å². The first kappa shape index (κ1) is 12.1. The maximum Gasteiger partial charge on any atom is 0.127 e. The number of hydrogen-bond acceptors (Lipinski definition) is 2. The van der Waals surface area contributed by atoms with Gasteiger partial charge in [-0.2, -0.15) is 0 Å². The fraction of sp³-hybridized carbons (Fsp3) is 0.500. The maximum atomic E-state index is 13.3. The third-order valence-corrected chi connectivity index (χ3v) is 2.26. The minimum atomic E-state index is -0.155. The molecule has 0 fully saturated rings. The molecule has 0 aliphatic heterocycles. The molecule has 1 aromatic carbocycles. The Morgan fingerprint density at radius 2 is 2.20 bits per heavy atom. The van der Waals surface area contributed by atoms with Gasteiger partial charge in [0.15, 0.2) is 0 Å². The van der Waals surface area contributed by atoms with Gasteiger partial charge in [0.2, 0.25) is 0 Å². The standard InChI is InChI=1S/C12H18FNO/c1-9-4-5-12(13)11(6-9)7-14-10(2)8-15-3/h4-6,10,14H,7-8H2,1-3H3. The molecule has 2 nitrogen and oxygen atoms in total. The molecule has 1 N–H and O–H groups in total. The van der Waals surface area contributed by atoms with Crippen LogP contribution < -0.4 is 5.32 Å². The van der Waals surface area contributed by atoms with Gasteiger partial charge in [-0.25, -0.2) is 4.39 Å². The highest BCUT2D eigenvalue weighted by Gasteiger charge is 2.04. The van der Waals surface area contributed by atoms with Crippen molar-refractivity contribution in [1.82, 2.24) is 5.32 Å². The lowest BCUT2D eigenvalue weighted by molar-refractivity contribution is 0.171. The molecule has 84 valence electrons. The Morgan fingerprint density at radius 3 is 2.87 bits per heavy atom. The average molecular weight is 211 g/mol. The molecule has 0 aliphatic rings. The second-order valence-electron chi connectivity index (χ2n) is 3.83. The smallest absolute Gasteiger partial charge is 0.127 e. The molecule has 1 rings (SSSR count). The molecule has 0 aliphatic carbocycles. The number of nitrogens with one attached hydrogen (secondary N) is 1. The highest BCUT2D eigenvalue weighted by Crippen LogP contribution is 2.09. The summed E-state index contributed by atoms with van der Waals surface area (Å²) in [7, 11) is 1.66. The Bertz CT molecular complexity index is 314. The zero-order valence-corrected chi connectivity index (χ0v) is 9.51. The first-order valence-electron chi connectivity index (χ1n) is 5.11. The van der Waals surface area contributed by atoms with E-state index in [9.17, 15) is 4.39 Å². The highest BCUT2D eigenvalue weighted by atomic mass is 19.1. The molecular formula is C12H18FNO. The lowest BCUT2D eigenvalue weighted by Gasteiger charge is -2.13. The van der Waals surface area contributed by atoms with E-state index in [0.717, 1.165) is 5.56 Å². The second kappa shape index (κ2) is 5.83. The topological polar surface area (TPSA) is 21.3 Å². The van der Waals surface area contributed by atoms with Crippen molar-refractivity contribution in [2.75, 3.05) is 13.7 Å². The van der Waals surface area contributed by atoms with E-state index < -0.39 is 0 Å². The Balaban J connectivity index is 2.53. The molecule has 1 unspecified atom stereocenters. The molecule has 1 atom stereocenters. The SMILES string of the molecule is COCC(C)NCc1cc(C)ccc1F. The van der Waals surface area contributed by atoms with Crippen LogP contribution in [0.1, 0.15) is 18.1 Å². The van der Waals surface area contributed by atoms with E-state index in [-0.39, 0.29) is 11.9 Å². The molecule has 15 heavy (non-hydrogen) atoms. The molecule has 0 amide bonds. The molecule has 0 heterocycles. The molecule has 0 spiro atoms. The number of rotatable bonds is 5. The first-order valence-corrected chi connectivity index (χ1v) is 5.11. The molecular weight excluding hydrogens is 193 g/mol. The zero-order valence-electron chi connectivity index (χ0n) is 9.51. The van der Waals surface area contributed by atoms with Crippen LogP contribution in [0.4, 0.5) is 4.39 Å². The van der Waals surface area contributed by atoms with Crippen molar-refractivity contribution >= 4 is 0 Å². The Morgan fingerprint density at radius 1 is 1.47 bits per heavy atom. The van der Waals surface area contributed by atoms with Crippen molar-refractivity contribution in [2.45, 2.75) is 26.4 Å². The van der Waals surface area contributed by atoms with Crippen LogP contribution in [0.25, 0.3) is 0 Å². The molecule has 1 aromatic rings. The van der Waals surface area contributed by atoms with Crippen LogP contribution in [0.3, 0.4) is 0 Å². The fourth-order valence-corrected chi connectivity index (χ4v) is 1.43. The molecule has 0 radical (unpaired) electrons. The Kier molecular flexibility index (Phi) is 4.72. The number of aryl methyl sites for hydroxylation is 1. The van der Waals surface area contributed by atoms with E-state index in [1.807, 2.05) is 19.9 Å². The van der Waals surface area contributed by atoms with Crippen molar-refractivity contribution in [3.8, 4) is 0 Å². The number of halogens is 1. The molecule has 0 saturated carbocycles. The summed E-state index contributed by atoms with van der Waals surface area (Å²) < 4.78 is 18.3. The summed E-state index contributed by atoms with van der Waals surface area (Å²) in [6, 6.07) is 5.38. The third kappa shape index (κ3) is 3.98. The van der Waals surface area contributed by atoms with Crippen LogP contribution in [-0.2, 0) is 11.3 Å². The number of benzene rings is 1. The number of hydrogen-bond donors (Lipinski definition) is 1. The van der Waals surface area contributed by atoms with Gasteiger partial charge in [0.05, 0.1) is 6.61 Å². The second-order valence-corrected chi connectivity index (χ2v) is 3.83. The maximum absolute atomic E-state index is 13.3. The molecule has 3 heteroatoms. The van der Waals surface area contributed by atoms with Gasteiger partial charge in [-0.3, -0.25) is 0 Å². The molecule has 0 bridgehead atoms. The van der Waals surface area contributed by atoms with Gasteiger partial charge < -0.3 is 10.1 Å². The van der Waals surface area contributed by atoms with E-state index in [2.05, 4.69) is 5.32 Å². The lowest BCUT2D eigenvalue weighted by atomic mass is 10.1. The summed E-state index contributed by atoms with van der Waals surface area (Å²) >= 11 is 0. The summed E-state index contributed by atoms with van der Waals surface area (Å²) in [5.74, 6) is -0.155.